The molecule has 0 saturated heterocycles. The average molecular weight is 236 g/mol. The van der Waals surface area contributed by atoms with Gasteiger partial charge in [0.2, 0.25) is 5.95 Å². The van der Waals surface area contributed by atoms with Gasteiger partial charge >= 0.3 is 0 Å². The predicted octanol–water partition coefficient (Wildman–Crippen LogP) is 1.05. The molecular weight excluding hydrogens is 228 g/mol. The van der Waals surface area contributed by atoms with Crippen molar-refractivity contribution in [2.75, 3.05) is 11.5 Å². The molecule has 1 heterocycles. The van der Waals surface area contributed by atoms with Crippen LogP contribution in [-0.2, 0) is 0 Å². The van der Waals surface area contributed by atoms with E-state index in [2.05, 4.69) is 9.97 Å². The number of benzene rings is 1. The van der Waals surface area contributed by atoms with E-state index >= 15 is 0 Å². The molecule has 0 fully saturated rings. The van der Waals surface area contributed by atoms with Gasteiger partial charge in [0.1, 0.15) is 17.5 Å². The van der Waals surface area contributed by atoms with Gasteiger partial charge in [-0.3, -0.25) is 0 Å². The first-order valence-electron chi connectivity index (χ1n) is 4.99. The first-order valence-corrected chi connectivity index (χ1v) is 4.99. The fourth-order valence-electron chi connectivity index (χ4n) is 1.52. The van der Waals surface area contributed by atoms with E-state index in [1.807, 2.05) is 12.1 Å². The maximum absolute atomic E-state index is 9.05. The highest BCUT2D eigenvalue weighted by Gasteiger charge is 2.12. The van der Waals surface area contributed by atoms with Crippen molar-refractivity contribution in [2.45, 2.75) is 0 Å². The lowest BCUT2D eigenvalue weighted by Gasteiger charge is -2.06. The van der Waals surface area contributed by atoms with E-state index in [1.165, 1.54) is 0 Å². The molecule has 86 valence electrons. The Kier molecular flexibility index (Phi) is 2.78. The third-order valence-electron chi connectivity index (χ3n) is 2.35. The largest absolute Gasteiger partial charge is 0.382 e. The molecule has 0 bridgehead atoms. The van der Waals surface area contributed by atoms with Crippen molar-refractivity contribution in [1.82, 2.24) is 9.97 Å². The second kappa shape index (κ2) is 4.40. The van der Waals surface area contributed by atoms with Gasteiger partial charge in [0, 0.05) is 5.56 Å². The molecule has 18 heavy (non-hydrogen) atoms. The van der Waals surface area contributed by atoms with E-state index in [0.29, 0.717) is 16.8 Å². The Labute approximate surface area is 103 Å². The molecule has 0 saturated carbocycles. The summed E-state index contributed by atoms with van der Waals surface area (Å²) in [4.78, 5) is 7.75. The van der Waals surface area contributed by atoms with E-state index in [4.69, 9.17) is 22.0 Å². The number of nitrogens with zero attached hydrogens (tertiary/aromatic N) is 4. The SMILES string of the molecule is N#Cc1ccc(-c2nc(N)nc(N)c2C#N)cc1. The van der Waals surface area contributed by atoms with Gasteiger partial charge in [-0.1, -0.05) is 12.1 Å². The molecule has 0 radical (unpaired) electrons. The minimum Gasteiger partial charge on any atom is -0.382 e. The van der Waals surface area contributed by atoms with Crippen LogP contribution in [0, 0.1) is 22.7 Å². The molecule has 0 aliphatic carbocycles. The van der Waals surface area contributed by atoms with E-state index in [9.17, 15) is 0 Å². The summed E-state index contributed by atoms with van der Waals surface area (Å²) in [6.07, 6.45) is 0. The number of hydrogen-bond acceptors (Lipinski definition) is 6. The molecule has 0 unspecified atom stereocenters. The highest BCUT2D eigenvalue weighted by Crippen LogP contribution is 2.25. The van der Waals surface area contributed by atoms with E-state index in [-0.39, 0.29) is 17.3 Å². The van der Waals surface area contributed by atoms with Crippen LogP contribution in [0.3, 0.4) is 0 Å². The van der Waals surface area contributed by atoms with Crippen LogP contribution in [0.5, 0.6) is 0 Å². The molecule has 1 aromatic heterocycles. The predicted molar refractivity (Wildman–Crippen MR) is 65.7 cm³/mol. The molecule has 2 rings (SSSR count). The van der Waals surface area contributed by atoms with Crippen molar-refractivity contribution in [1.29, 1.82) is 10.5 Å². The first kappa shape index (κ1) is 11.4. The van der Waals surface area contributed by atoms with Crippen molar-refractivity contribution < 1.29 is 0 Å². The molecule has 0 amide bonds. The maximum Gasteiger partial charge on any atom is 0.222 e. The maximum atomic E-state index is 9.05. The molecule has 2 aromatic rings. The van der Waals surface area contributed by atoms with Crippen LogP contribution in [0.25, 0.3) is 11.3 Å². The number of hydrogen-bond donors (Lipinski definition) is 2. The third kappa shape index (κ3) is 1.91. The monoisotopic (exact) mass is 236 g/mol. The standard InChI is InChI=1S/C12H8N6/c13-5-7-1-3-8(4-2-7)10-9(6-14)11(15)18-12(16)17-10/h1-4H,(H4,15,16,17,18). The van der Waals surface area contributed by atoms with Gasteiger partial charge in [0.05, 0.1) is 17.3 Å². The van der Waals surface area contributed by atoms with Gasteiger partial charge in [0.15, 0.2) is 0 Å². The molecule has 6 nitrogen and oxygen atoms in total. The van der Waals surface area contributed by atoms with Crippen molar-refractivity contribution in [3.05, 3.63) is 35.4 Å². The van der Waals surface area contributed by atoms with Gasteiger partial charge in [-0.15, -0.1) is 0 Å². The van der Waals surface area contributed by atoms with Crippen LogP contribution in [0.15, 0.2) is 24.3 Å². The van der Waals surface area contributed by atoms with Crippen LogP contribution in [-0.4, -0.2) is 9.97 Å². The fourth-order valence-corrected chi connectivity index (χ4v) is 1.52. The Balaban J connectivity index is 2.63. The number of rotatable bonds is 1. The van der Waals surface area contributed by atoms with Crippen molar-refractivity contribution >= 4 is 11.8 Å². The van der Waals surface area contributed by atoms with Crippen molar-refractivity contribution in [3.63, 3.8) is 0 Å². The summed E-state index contributed by atoms with van der Waals surface area (Å²) in [5, 5.41) is 17.8. The normalized spacial score (nSPS) is 9.44. The molecule has 6 heteroatoms. The summed E-state index contributed by atoms with van der Waals surface area (Å²) in [7, 11) is 0. The van der Waals surface area contributed by atoms with Crippen LogP contribution in [0.4, 0.5) is 11.8 Å². The molecule has 0 atom stereocenters. The highest BCUT2D eigenvalue weighted by atomic mass is 15.0. The van der Waals surface area contributed by atoms with E-state index in [0.717, 1.165) is 0 Å². The number of anilines is 2. The molecule has 0 aliphatic heterocycles. The third-order valence-corrected chi connectivity index (χ3v) is 2.35. The number of nitrogens with two attached hydrogens (primary N) is 2. The molecule has 4 N–H and O–H groups in total. The summed E-state index contributed by atoms with van der Waals surface area (Å²) in [5.74, 6) is 0.0511. The van der Waals surface area contributed by atoms with Crippen LogP contribution in [0.1, 0.15) is 11.1 Å². The molecular formula is C12H8N6. The van der Waals surface area contributed by atoms with E-state index in [1.54, 1.807) is 24.3 Å². The topological polar surface area (TPSA) is 125 Å². The molecule has 0 aliphatic rings. The van der Waals surface area contributed by atoms with Gasteiger partial charge in [-0.25, -0.2) is 4.98 Å². The zero-order valence-electron chi connectivity index (χ0n) is 9.25. The first-order chi connectivity index (χ1) is 8.65. The number of nitriles is 2. The second-order valence-electron chi connectivity index (χ2n) is 3.49. The molecule has 1 aromatic carbocycles. The van der Waals surface area contributed by atoms with Gasteiger partial charge in [0.25, 0.3) is 0 Å². The Morgan fingerprint density at radius 2 is 1.61 bits per heavy atom. The van der Waals surface area contributed by atoms with E-state index < -0.39 is 0 Å². The second-order valence-corrected chi connectivity index (χ2v) is 3.49. The summed E-state index contributed by atoms with van der Waals surface area (Å²) in [6, 6.07) is 10.6. The fraction of sp³-hybridized carbons (Fsp3) is 0. The summed E-state index contributed by atoms with van der Waals surface area (Å²) >= 11 is 0. The number of nitrogen functional groups attached to an aromatic ring is 2. The summed E-state index contributed by atoms with van der Waals surface area (Å²) in [6.45, 7) is 0. The Morgan fingerprint density at radius 3 is 2.17 bits per heavy atom. The van der Waals surface area contributed by atoms with Crippen LogP contribution in [0.2, 0.25) is 0 Å². The Bertz CT molecular complexity index is 675. The van der Waals surface area contributed by atoms with Crippen molar-refractivity contribution in [2.24, 2.45) is 0 Å². The lowest BCUT2D eigenvalue weighted by molar-refractivity contribution is 1.18. The summed E-state index contributed by atoms with van der Waals surface area (Å²) < 4.78 is 0. The van der Waals surface area contributed by atoms with Gasteiger partial charge < -0.3 is 11.5 Å². The van der Waals surface area contributed by atoms with Gasteiger partial charge in [-0.05, 0) is 12.1 Å². The van der Waals surface area contributed by atoms with Gasteiger partial charge in [-0.2, -0.15) is 15.5 Å². The average Bonchev–Trinajstić information content (AvgIpc) is 2.38. The minimum absolute atomic E-state index is 0.00543. The highest BCUT2D eigenvalue weighted by molar-refractivity contribution is 5.73. The van der Waals surface area contributed by atoms with Crippen LogP contribution >= 0.6 is 0 Å². The summed E-state index contributed by atoms with van der Waals surface area (Å²) in [5.41, 5.74) is 12.9. The zero-order valence-corrected chi connectivity index (χ0v) is 9.25. The quantitative estimate of drug-likeness (QED) is 0.762. The Hall–Kier alpha value is -3.12. The van der Waals surface area contributed by atoms with Crippen LogP contribution < -0.4 is 11.5 Å². The number of aromatic nitrogens is 2. The zero-order chi connectivity index (χ0) is 13.1. The molecule has 0 spiro atoms. The Morgan fingerprint density at radius 1 is 0.944 bits per heavy atom. The minimum atomic E-state index is 0.00543. The smallest absolute Gasteiger partial charge is 0.222 e. The van der Waals surface area contributed by atoms with Crippen molar-refractivity contribution in [3.8, 4) is 23.4 Å². The lowest BCUT2D eigenvalue weighted by Crippen LogP contribution is -2.04. The lowest BCUT2D eigenvalue weighted by atomic mass is 10.1.